The Hall–Kier alpha value is -2.55. The lowest BCUT2D eigenvalue weighted by molar-refractivity contribution is -0.293. The van der Waals surface area contributed by atoms with Crippen molar-refractivity contribution in [1.82, 2.24) is 0 Å². The van der Waals surface area contributed by atoms with Gasteiger partial charge >= 0.3 is 0 Å². The van der Waals surface area contributed by atoms with E-state index in [1.54, 1.807) is 0 Å². The van der Waals surface area contributed by atoms with E-state index in [2.05, 4.69) is 58.9 Å². The van der Waals surface area contributed by atoms with Crippen molar-refractivity contribution in [2.45, 2.75) is 95.6 Å². The Balaban J connectivity index is 1.45. The molecule has 1 heterocycles. The molecule has 0 aromatic heterocycles. The summed E-state index contributed by atoms with van der Waals surface area (Å²) in [7, 11) is 0. The summed E-state index contributed by atoms with van der Waals surface area (Å²) in [5, 5.41) is 30.0. The average Bonchev–Trinajstić information content (AvgIpc) is 2.85. The lowest BCUT2D eigenvalue weighted by atomic mass is 9.63. The maximum Gasteiger partial charge on any atom is 0.249 e. The van der Waals surface area contributed by atoms with Gasteiger partial charge in [-0.15, -0.1) is 0 Å². The minimum atomic E-state index is -1.62. The number of rotatable bonds is 6. The van der Waals surface area contributed by atoms with Gasteiger partial charge in [-0.2, -0.15) is 0 Å². The minimum Gasteiger partial charge on any atom is -0.387 e. The molecule has 0 saturated carbocycles. The highest BCUT2D eigenvalue weighted by atomic mass is 16.7. The van der Waals surface area contributed by atoms with E-state index < -0.39 is 36.6 Å². The van der Waals surface area contributed by atoms with Crippen molar-refractivity contribution in [3.8, 4) is 0 Å². The van der Waals surface area contributed by atoms with Gasteiger partial charge in [-0.25, -0.2) is 0 Å². The summed E-state index contributed by atoms with van der Waals surface area (Å²) in [4.78, 5) is 11.5. The van der Waals surface area contributed by atoms with Crippen LogP contribution in [0.25, 0.3) is 11.6 Å². The molecule has 7 heteroatoms. The summed E-state index contributed by atoms with van der Waals surface area (Å²) in [6.07, 6.45) is -2.97. The molecule has 200 valence electrons. The quantitative estimate of drug-likeness (QED) is 0.443. The highest BCUT2D eigenvalue weighted by Crippen LogP contribution is 2.46. The maximum absolute atomic E-state index is 11.5. The number of carbonyl (C=O) groups is 1. The van der Waals surface area contributed by atoms with Gasteiger partial charge in [0.05, 0.1) is 6.61 Å². The molecule has 1 aliphatic heterocycles. The van der Waals surface area contributed by atoms with Crippen molar-refractivity contribution in [3.05, 3.63) is 70.3 Å². The molecule has 37 heavy (non-hydrogen) atoms. The summed E-state index contributed by atoms with van der Waals surface area (Å²) in [6, 6.07) is 14.6. The number of ether oxygens (including phenoxy) is 2. The zero-order chi connectivity index (χ0) is 27.1. The molecule has 5 N–H and O–H groups in total. The van der Waals surface area contributed by atoms with Crippen molar-refractivity contribution in [2.24, 2.45) is 5.73 Å². The first-order valence-electron chi connectivity index (χ1n) is 12.8. The van der Waals surface area contributed by atoms with Crippen LogP contribution in [0.5, 0.6) is 0 Å². The molecule has 2 aromatic rings. The summed E-state index contributed by atoms with van der Waals surface area (Å²) >= 11 is 0. The van der Waals surface area contributed by atoms with E-state index in [1.165, 1.54) is 35.1 Å². The molecule has 0 spiro atoms. The first-order valence-corrected chi connectivity index (χ1v) is 12.8. The lowest BCUT2D eigenvalue weighted by Gasteiger charge is -2.42. The van der Waals surface area contributed by atoms with E-state index in [-0.39, 0.29) is 17.4 Å². The van der Waals surface area contributed by atoms with Gasteiger partial charge < -0.3 is 30.5 Å². The van der Waals surface area contributed by atoms with Crippen molar-refractivity contribution in [3.63, 3.8) is 0 Å². The van der Waals surface area contributed by atoms with Gasteiger partial charge in [-0.1, -0.05) is 76.2 Å². The van der Waals surface area contributed by atoms with Crippen LogP contribution < -0.4 is 5.73 Å². The number of hydrogen-bond acceptors (Lipinski definition) is 6. The van der Waals surface area contributed by atoms with E-state index in [0.29, 0.717) is 0 Å². The number of benzene rings is 2. The third-order valence-electron chi connectivity index (χ3n) is 7.94. The van der Waals surface area contributed by atoms with Crippen LogP contribution in [0, 0.1) is 0 Å². The normalized spacial score (nSPS) is 29.0. The smallest absolute Gasteiger partial charge is 0.249 e. The highest BCUT2D eigenvalue weighted by molar-refractivity contribution is 5.81. The van der Waals surface area contributed by atoms with E-state index in [9.17, 15) is 20.1 Å². The number of aliphatic hydroxyl groups excluding tert-OH is 3. The Labute approximate surface area is 218 Å². The zero-order valence-corrected chi connectivity index (χ0v) is 22.3. The molecule has 4 rings (SSSR count). The van der Waals surface area contributed by atoms with Crippen molar-refractivity contribution in [2.75, 3.05) is 0 Å². The van der Waals surface area contributed by atoms with Crippen LogP contribution in [-0.4, -0.2) is 51.9 Å². The second-order valence-electron chi connectivity index (χ2n) is 11.7. The minimum absolute atomic E-state index is 0.0781. The third kappa shape index (κ3) is 5.66. The molecule has 0 unspecified atom stereocenters. The van der Waals surface area contributed by atoms with Crippen LogP contribution in [0.4, 0.5) is 0 Å². The fraction of sp³-hybridized carbons (Fsp3) is 0.500. The molecule has 0 bridgehead atoms. The van der Waals surface area contributed by atoms with Crippen LogP contribution >= 0.6 is 0 Å². The molecule has 0 radical (unpaired) electrons. The van der Waals surface area contributed by atoms with Gasteiger partial charge in [0.25, 0.3) is 0 Å². The van der Waals surface area contributed by atoms with Gasteiger partial charge in [0.1, 0.15) is 18.3 Å². The van der Waals surface area contributed by atoms with Gasteiger partial charge in [-0.3, -0.25) is 4.79 Å². The molecular weight excluding hydrogens is 470 g/mol. The first kappa shape index (κ1) is 27.5. The largest absolute Gasteiger partial charge is 0.387 e. The van der Waals surface area contributed by atoms with Crippen LogP contribution in [0.3, 0.4) is 0 Å². The van der Waals surface area contributed by atoms with E-state index >= 15 is 0 Å². The van der Waals surface area contributed by atoms with Gasteiger partial charge in [0, 0.05) is 0 Å². The summed E-state index contributed by atoms with van der Waals surface area (Å²) in [5.41, 5.74) is 12.7. The summed E-state index contributed by atoms with van der Waals surface area (Å²) in [6.45, 7) is 11.5. The number of allylic oxidation sites excluding steroid dienone is 1. The van der Waals surface area contributed by atoms with E-state index in [0.717, 1.165) is 11.1 Å². The molecule has 1 aliphatic carbocycles. The molecule has 1 fully saturated rings. The number of carbonyl (C=O) groups excluding carboxylic acids is 1. The summed E-state index contributed by atoms with van der Waals surface area (Å²) < 4.78 is 10.9. The summed E-state index contributed by atoms with van der Waals surface area (Å²) in [5.74, 6) is -0.940. The number of fused-ring (bicyclic) bond motifs is 1. The van der Waals surface area contributed by atoms with Crippen LogP contribution in [-0.2, 0) is 31.7 Å². The highest BCUT2D eigenvalue weighted by Gasteiger charge is 2.46. The second kappa shape index (κ2) is 10.3. The fourth-order valence-corrected chi connectivity index (χ4v) is 5.28. The SMILES string of the molecule is C/C(=C\c1ccc(CO[C@@H]2O[C@H](C(N)=O)[C@@H](O)[C@H](O)[C@H]2O)cc1)c1ccc2c(c1)C(C)(C)CCC2(C)C. The fourth-order valence-electron chi connectivity index (χ4n) is 5.28. The Kier molecular flexibility index (Phi) is 7.66. The Morgan fingerprint density at radius 1 is 0.973 bits per heavy atom. The van der Waals surface area contributed by atoms with Gasteiger partial charge in [0.2, 0.25) is 5.91 Å². The average molecular weight is 510 g/mol. The van der Waals surface area contributed by atoms with E-state index in [1.807, 2.05) is 24.3 Å². The topological polar surface area (TPSA) is 122 Å². The predicted octanol–water partition coefficient (Wildman–Crippen LogP) is 3.41. The monoisotopic (exact) mass is 509 g/mol. The molecule has 1 saturated heterocycles. The van der Waals surface area contributed by atoms with Crippen molar-refractivity contribution in [1.29, 1.82) is 0 Å². The first-order chi connectivity index (χ1) is 17.3. The molecule has 1 amide bonds. The number of hydrogen-bond donors (Lipinski definition) is 4. The second-order valence-corrected chi connectivity index (χ2v) is 11.7. The maximum atomic E-state index is 11.5. The number of primary amides is 1. The number of amides is 1. The van der Waals surface area contributed by atoms with Crippen LogP contribution in [0.1, 0.15) is 75.3 Å². The van der Waals surface area contributed by atoms with Gasteiger partial charge in [0.15, 0.2) is 12.4 Å². The number of aliphatic hydroxyl groups is 3. The number of nitrogens with two attached hydrogens (primary N) is 1. The molecule has 2 aromatic carbocycles. The Morgan fingerprint density at radius 3 is 2.22 bits per heavy atom. The zero-order valence-electron chi connectivity index (χ0n) is 22.3. The lowest BCUT2D eigenvalue weighted by Crippen LogP contribution is -2.61. The Bertz CT molecular complexity index is 1170. The molecule has 7 nitrogen and oxygen atoms in total. The Morgan fingerprint density at radius 2 is 1.59 bits per heavy atom. The van der Waals surface area contributed by atoms with E-state index in [4.69, 9.17) is 15.2 Å². The van der Waals surface area contributed by atoms with Crippen LogP contribution in [0.2, 0.25) is 0 Å². The molecule has 5 atom stereocenters. The van der Waals surface area contributed by atoms with Crippen molar-refractivity contribution >= 4 is 17.6 Å². The molecular formula is C30H39NO6. The predicted molar refractivity (Wildman–Crippen MR) is 142 cm³/mol. The third-order valence-corrected chi connectivity index (χ3v) is 7.94. The van der Waals surface area contributed by atoms with Gasteiger partial charge in [-0.05, 0) is 64.0 Å². The standard InChI is InChI=1S/C30H39NO6/c1-17(20-10-11-21-22(15-20)30(4,5)13-12-29(21,2)3)14-18-6-8-19(9-7-18)16-36-28-25(34)23(32)24(33)26(37-28)27(31)35/h6-11,14-15,23-26,28,32-34H,12-13,16H2,1-5H3,(H2,31,35)/b17-14+/t23-,24-,25+,26-,28+/m0/s1. The van der Waals surface area contributed by atoms with Crippen molar-refractivity contribution < 1.29 is 29.6 Å². The van der Waals surface area contributed by atoms with Crippen LogP contribution in [0.15, 0.2) is 42.5 Å². The molecule has 2 aliphatic rings.